The van der Waals surface area contributed by atoms with Crippen molar-refractivity contribution in [3.8, 4) is 0 Å². The quantitative estimate of drug-likeness (QED) is 0.125. The van der Waals surface area contributed by atoms with Gasteiger partial charge in [-0.05, 0) is 81.7 Å². The van der Waals surface area contributed by atoms with Crippen LogP contribution in [0.1, 0.15) is 0 Å². The summed E-state index contributed by atoms with van der Waals surface area (Å²) in [5, 5.41) is 14.2. The van der Waals surface area contributed by atoms with Gasteiger partial charge in [-0.1, -0.05) is 170 Å². The monoisotopic (exact) mass is 769 g/mol. The molecule has 0 amide bonds. The number of fused-ring (bicyclic) bond motifs is 10. The molecule has 0 aliphatic rings. The molecule has 56 heavy (non-hydrogen) atoms. The molecule has 0 bridgehead atoms. The molecule has 0 radical (unpaired) electrons. The number of benzene rings is 8. The van der Waals surface area contributed by atoms with Crippen LogP contribution in [0.25, 0.3) is 60.0 Å². The maximum absolute atomic E-state index is 7.14. The molecule has 3 nitrogen and oxygen atoms in total. The van der Waals surface area contributed by atoms with Crippen molar-refractivity contribution in [3.63, 3.8) is 0 Å². The Balaban J connectivity index is 1.23. The molecule has 0 spiro atoms. The third kappa shape index (κ3) is 5.25. The first-order valence-electron chi connectivity index (χ1n) is 18.8. The maximum atomic E-state index is 7.14. The fourth-order valence-electron chi connectivity index (χ4n) is 8.38. The molecule has 0 N–H and O–H groups in total. The molecule has 3 heterocycles. The molecule has 0 aliphatic heterocycles. The first kappa shape index (κ1) is 33.3. The third-order valence-corrected chi connectivity index (χ3v) is 18.3. The third-order valence-electron chi connectivity index (χ3n) is 11.0. The van der Waals surface area contributed by atoms with E-state index in [1.165, 1.54) is 37.5 Å². The van der Waals surface area contributed by atoms with Crippen molar-refractivity contribution in [1.29, 1.82) is 0 Å². The molecule has 0 fully saturated rings. The number of nitrogens with zero attached hydrogens (tertiary/aromatic N) is 3. The van der Waals surface area contributed by atoms with Crippen LogP contribution in [0, 0.1) is 0 Å². The fourth-order valence-corrected chi connectivity index (χ4v) is 14.5. The SMILES string of the molecule is S=P(c1ccc2ccccc2c1)(c1cnc2ccccc2c1)c1cccc2c1nc1c3cc(P(c4ccccc4)c4ccccc4)ccc3c3ccccc3n21. The van der Waals surface area contributed by atoms with Gasteiger partial charge < -0.3 is 0 Å². The van der Waals surface area contributed by atoms with Gasteiger partial charge in [-0.15, -0.1) is 0 Å². The summed E-state index contributed by atoms with van der Waals surface area (Å²) in [4.78, 5) is 10.7. The molecule has 0 aliphatic carbocycles. The van der Waals surface area contributed by atoms with Crippen LogP contribution < -0.4 is 31.8 Å². The highest BCUT2D eigenvalue weighted by Crippen LogP contribution is 2.46. The largest absolute Gasteiger partial charge is 0.292 e. The number of pyridine rings is 2. The summed E-state index contributed by atoms with van der Waals surface area (Å²) in [5.41, 5.74) is 5.02. The van der Waals surface area contributed by atoms with Crippen molar-refractivity contribution >= 4 is 118 Å². The summed E-state index contributed by atoms with van der Waals surface area (Å²) in [6.07, 6.45) is 2.01. The van der Waals surface area contributed by atoms with Crippen LogP contribution in [0.3, 0.4) is 0 Å². The smallest absolute Gasteiger partial charge is 0.146 e. The Bertz CT molecular complexity index is 3240. The van der Waals surface area contributed by atoms with Crippen LogP contribution in [0.15, 0.2) is 200 Å². The molecule has 8 aromatic carbocycles. The van der Waals surface area contributed by atoms with Crippen molar-refractivity contribution in [2.75, 3.05) is 0 Å². The lowest BCUT2D eigenvalue weighted by molar-refractivity contribution is 1.32. The highest BCUT2D eigenvalue weighted by molar-refractivity contribution is 8.25. The topological polar surface area (TPSA) is 30.2 Å². The zero-order valence-corrected chi connectivity index (χ0v) is 32.8. The Kier molecular flexibility index (Phi) is 7.93. The van der Waals surface area contributed by atoms with Crippen LogP contribution in [-0.2, 0) is 11.8 Å². The summed E-state index contributed by atoms with van der Waals surface area (Å²) in [6, 6.07) is 67.3. The summed E-state index contributed by atoms with van der Waals surface area (Å²) in [6.45, 7) is 0. The second-order valence-electron chi connectivity index (χ2n) is 14.2. The number of imidazole rings is 1. The zero-order valence-electron chi connectivity index (χ0n) is 30.2. The Labute approximate surface area is 330 Å². The van der Waals surface area contributed by atoms with Crippen molar-refractivity contribution < 1.29 is 0 Å². The number of hydrogen-bond acceptors (Lipinski definition) is 3. The van der Waals surface area contributed by atoms with E-state index in [2.05, 4.69) is 192 Å². The summed E-state index contributed by atoms with van der Waals surface area (Å²) < 4.78 is 2.37. The van der Waals surface area contributed by atoms with Gasteiger partial charge in [-0.2, -0.15) is 0 Å². The van der Waals surface area contributed by atoms with Crippen molar-refractivity contribution in [1.82, 2.24) is 14.4 Å². The minimum atomic E-state index is -2.71. The van der Waals surface area contributed by atoms with E-state index in [9.17, 15) is 0 Å². The van der Waals surface area contributed by atoms with E-state index in [1.807, 2.05) is 12.3 Å². The Morgan fingerprint density at radius 3 is 1.93 bits per heavy atom. The van der Waals surface area contributed by atoms with Crippen LogP contribution in [0.2, 0.25) is 0 Å². The summed E-state index contributed by atoms with van der Waals surface area (Å²) in [5.74, 6) is 0. The standard InChI is InChI=1S/C50H33N3P2S/c56-55(40-28-26-34-14-7-8-15-35(34)30-40,41-31-36-16-9-11-22-45(36)51-33-41)48-25-13-24-47-49(48)52-50-44-32-39(27-29-42(44)43-21-10-12-23-46(43)53(47)50)54(37-17-3-1-4-18-37)38-19-5-2-6-20-38/h1-33H. The van der Waals surface area contributed by atoms with E-state index in [1.54, 1.807) is 0 Å². The molecule has 6 heteroatoms. The Morgan fingerprint density at radius 1 is 0.464 bits per heavy atom. The summed E-state index contributed by atoms with van der Waals surface area (Å²) in [7, 11) is -0.812. The van der Waals surface area contributed by atoms with Gasteiger partial charge in [0, 0.05) is 39.0 Å². The molecule has 0 saturated carbocycles. The first-order chi connectivity index (χ1) is 27.6. The van der Waals surface area contributed by atoms with Crippen molar-refractivity contribution in [3.05, 3.63) is 200 Å². The lowest BCUT2D eigenvalue weighted by atomic mass is 10.1. The molecular formula is C50H33N3P2S. The van der Waals surface area contributed by atoms with Crippen molar-refractivity contribution in [2.45, 2.75) is 0 Å². The molecule has 11 aromatic rings. The molecule has 1 atom stereocenters. The van der Waals surface area contributed by atoms with Gasteiger partial charge in [0.1, 0.15) is 5.65 Å². The van der Waals surface area contributed by atoms with E-state index in [-0.39, 0.29) is 0 Å². The van der Waals surface area contributed by atoms with E-state index in [0.717, 1.165) is 54.4 Å². The molecule has 264 valence electrons. The number of aromatic nitrogens is 3. The maximum Gasteiger partial charge on any atom is 0.146 e. The van der Waals surface area contributed by atoms with Gasteiger partial charge in [-0.25, -0.2) is 4.98 Å². The fraction of sp³-hybridized carbons (Fsp3) is 0. The van der Waals surface area contributed by atoms with Gasteiger partial charge in [0.2, 0.25) is 0 Å². The predicted octanol–water partition coefficient (Wildman–Crippen LogP) is 10.0. The molecule has 1 unspecified atom stereocenters. The Morgan fingerprint density at radius 2 is 1.12 bits per heavy atom. The Hall–Kier alpha value is -6.02. The van der Waals surface area contributed by atoms with Gasteiger partial charge in [0.25, 0.3) is 0 Å². The second-order valence-corrected chi connectivity index (χ2v) is 20.8. The van der Waals surface area contributed by atoms with E-state index >= 15 is 0 Å². The summed E-state index contributed by atoms with van der Waals surface area (Å²) >= 11 is 7.14. The van der Waals surface area contributed by atoms with Crippen LogP contribution >= 0.6 is 14.0 Å². The molecule has 0 saturated heterocycles. The second kappa shape index (κ2) is 13.3. The average molecular weight is 770 g/mol. The van der Waals surface area contributed by atoms with Gasteiger partial charge >= 0.3 is 0 Å². The van der Waals surface area contributed by atoms with Crippen LogP contribution in [0.4, 0.5) is 0 Å². The first-order valence-corrected chi connectivity index (χ1v) is 22.9. The molecule has 3 aromatic heterocycles. The number of rotatable bonds is 6. The average Bonchev–Trinajstić information content (AvgIpc) is 3.67. The van der Waals surface area contributed by atoms with Crippen LogP contribution in [-0.4, -0.2) is 14.4 Å². The molecular weight excluding hydrogens is 737 g/mol. The lowest BCUT2D eigenvalue weighted by Crippen LogP contribution is -2.26. The van der Waals surface area contributed by atoms with Gasteiger partial charge in [0.05, 0.1) is 22.1 Å². The normalized spacial score (nSPS) is 13.0. The van der Waals surface area contributed by atoms with E-state index in [4.69, 9.17) is 21.8 Å². The lowest BCUT2D eigenvalue weighted by Gasteiger charge is -2.25. The van der Waals surface area contributed by atoms with E-state index in [0.29, 0.717) is 0 Å². The van der Waals surface area contributed by atoms with Gasteiger partial charge in [0.15, 0.2) is 0 Å². The highest BCUT2D eigenvalue weighted by Gasteiger charge is 2.30. The predicted molar refractivity (Wildman–Crippen MR) is 245 cm³/mol. The minimum absolute atomic E-state index is 0.812. The highest BCUT2D eigenvalue weighted by atomic mass is 32.4. The molecule has 11 rings (SSSR count). The van der Waals surface area contributed by atoms with Crippen LogP contribution in [0.5, 0.6) is 0 Å². The number of hydrogen-bond donors (Lipinski definition) is 0. The van der Waals surface area contributed by atoms with Gasteiger partial charge in [-0.3, -0.25) is 9.38 Å². The van der Waals surface area contributed by atoms with E-state index < -0.39 is 14.0 Å². The van der Waals surface area contributed by atoms with Crippen molar-refractivity contribution in [2.24, 2.45) is 0 Å². The minimum Gasteiger partial charge on any atom is -0.292 e. The zero-order chi connectivity index (χ0) is 37.2. The number of para-hydroxylation sites is 3.